The average molecular weight is 355 g/mol. The zero-order chi connectivity index (χ0) is 15.9. The molecule has 0 aliphatic heterocycles. The van der Waals surface area contributed by atoms with Crippen LogP contribution < -0.4 is 4.72 Å². The van der Waals surface area contributed by atoms with Crippen molar-refractivity contribution in [3.05, 3.63) is 20.5 Å². The number of sulfonamides is 1. The summed E-state index contributed by atoms with van der Waals surface area (Å²) in [6.07, 6.45) is 6.34. The highest BCUT2D eigenvalue weighted by molar-refractivity contribution is 7.91. The zero-order valence-electron chi connectivity index (χ0n) is 11.8. The van der Waals surface area contributed by atoms with Gasteiger partial charge in [0.05, 0.1) is 4.92 Å². The molecular formula is C12H19ClN2O4S2. The summed E-state index contributed by atoms with van der Waals surface area (Å²) in [5.74, 6) is 0. The maximum atomic E-state index is 12.0. The number of rotatable bonds is 10. The molecule has 1 aromatic rings. The molecular weight excluding hydrogens is 336 g/mol. The number of unbranched alkanes of at least 4 members (excludes halogenated alkanes) is 5. The second kappa shape index (κ2) is 8.67. The predicted molar refractivity (Wildman–Crippen MR) is 84.5 cm³/mol. The Morgan fingerprint density at radius 2 is 1.90 bits per heavy atom. The van der Waals surface area contributed by atoms with Gasteiger partial charge in [-0.1, -0.05) is 50.6 Å². The molecule has 0 aromatic carbocycles. The Morgan fingerprint density at radius 1 is 1.29 bits per heavy atom. The van der Waals surface area contributed by atoms with Gasteiger partial charge in [-0.3, -0.25) is 10.1 Å². The van der Waals surface area contributed by atoms with E-state index in [0.29, 0.717) is 17.9 Å². The molecule has 0 saturated heterocycles. The average Bonchev–Trinajstić information content (AvgIpc) is 2.81. The number of hydrogen-bond acceptors (Lipinski definition) is 5. The monoisotopic (exact) mass is 354 g/mol. The van der Waals surface area contributed by atoms with Crippen LogP contribution in [-0.2, 0) is 10.0 Å². The lowest BCUT2D eigenvalue weighted by molar-refractivity contribution is -0.384. The van der Waals surface area contributed by atoms with Gasteiger partial charge in [0.1, 0.15) is 4.21 Å². The van der Waals surface area contributed by atoms with Gasteiger partial charge in [-0.05, 0) is 6.42 Å². The van der Waals surface area contributed by atoms with Gasteiger partial charge in [-0.2, -0.15) is 0 Å². The van der Waals surface area contributed by atoms with Crippen molar-refractivity contribution in [2.24, 2.45) is 0 Å². The molecule has 0 atom stereocenters. The second-order valence-electron chi connectivity index (χ2n) is 4.65. The van der Waals surface area contributed by atoms with Gasteiger partial charge in [-0.15, -0.1) is 11.3 Å². The number of thiophene rings is 1. The van der Waals surface area contributed by atoms with Crippen LogP contribution in [0.25, 0.3) is 0 Å². The van der Waals surface area contributed by atoms with Crippen molar-refractivity contribution >= 4 is 38.6 Å². The van der Waals surface area contributed by atoms with E-state index in [9.17, 15) is 18.5 Å². The summed E-state index contributed by atoms with van der Waals surface area (Å²) in [4.78, 5) is 9.97. The predicted octanol–water partition coefficient (Wildman–Crippen LogP) is 3.95. The Bertz CT molecular complexity index is 572. The fraction of sp³-hybridized carbons (Fsp3) is 0.667. The summed E-state index contributed by atoms with van der Waals surface area (Å²) in [7, 11) is -3.71. The second-order valence-corrected chi connectivity index (χ2v) is 8.30. The minimum atomic E-state index is -3.71. The van der Waals surface area contributed by atoms with Gasteiger partial charge in [0, 0.05) is 12.6 Å². The van der Waals surface area contributed by atoms with E-state index in [1.54, 1.807) is 0 Å². The lowest BCUT2D eigenvalue weighted by atomic mass is 10.1. The van der Waals surface area contributed by atoms with Crippen LogP contribution in [0.1, 0.15) is 45.4 Å². The van der Waals surface area contributed by atoms with Crippen LogP contribution in [0, 0.1) is 10.1 Å². The SMILES string of the molecule is CCCCCCCCNS(=O)(=O)c1cc([N+](=O)[O-])c(Cl)s1. The molecule has 21 heavy (non-hydrogen) atoms. The van der Waals surface area contributed by atoms with Gasteiger partial charge >= 0.3 is 0 Å². The normalized spacial score (nSPS) is 11.7. The Balaban J connectivity index is 2.47. The lowest BCUT2D eigenvalue weighted by Gasteiger charge is -2.04. The van der Waals surface area contributed by atoms with Crippen molar-refractivity contribution in [2.45, 2.75) is 49.7 Å². The highest BCUT2D eigenvalue weighted by atomic mass is 35.5. The van der Waals surface area contributed by atoms with Crippen LogP contribution >= 0.6 is 22.9 Å². The number of nitro groups is 1. The molecule has 120 valence electrons. The molecule has 0 amide bonds. The maximum absolute atomic E-state index is 12.0. The molecule has 1 aromatic heterocycles. The Kier molecular flexibility index (Phi) is 7.58. The van der Waals surface area contributed by atoms with Crippen LogP contribution in [0.5, 0.6) is 0 Å². The molecule has 9 heteroatoms. The third-order valence-electron chi connectivity index (χ3n) is 2.93. The standard InChI is InChI=1S/C12H19ClN2O4S2/c1-2-3-4-5-6-7-8-14-21(18,19)11-9-10(15(16)17)12(13)20-11/h9,14H,2-8H2,1H3. The van der Waals surface area contributed by atoms with E-state index in [-0.39, 0.29) is 14.2 Å². The molecule has 0 bridgehead atoms. The van der Waals surface area contributed by atoms with Crippen LogP contribution in [0.4, 0.5) is 5.69 Å². The van der Waals surface area contributed by atoms with E-state index < -0.39 is 14.9 Å². The van der Waals surface area contributed by atoms with E-state index in [1.165, 1.54) is 12.8 Å². The minimum Gasteiger partial charge on any atom is -0.258 e. The van der Waals surface area contributed by atoms with Crippen molar-refractivity contribution in [3.63, 3.8) is 0 Å². The topological polar surface area (TPSA) is 89.3 Å². The molecule has 0 radical (unpaired) electrons. The molecule has 1 heterocycles. The fourth-order valence-electron chi connectivity index (χ4n) is 1.78. The Labute approximate surface area is 133 Å². The maximum Gasteiger partial charge on any atom is 0.300 e. The van der Waals surface area contributed by atoms with Crippen molar-refractivity contribution in [1.82, 2.24) is 4.72 Å². The van der Waals surface area contributed by atoms with E-state index >= 15 is 0 Å². The van der Waals surface area contributed by atoms with E-state index in [2.05, 4.69) is 11.6 Å². The van der Waals surface area contributed by atoms with Crippen molar-refractivity contribution in [3.8, 4) is 0 Å². The highest BCUT2D eigenvalue weighted by Gasteiger charge is 2.24. The third kappa shape index (κ3) is 5.90. The minimum absolute atomic E-state index is 0.120. The first-order valence-electron chi connectivity index (χ1n) is 6.82. The van der Waals surface area contributed by atoms with Crippen molar-refractivity contribution in [2.75, 3.05) is 6.54 Å². The first kappa shape index (κ1) is 18.3. The van der Waals surface area contributed by atoms with E-state index in [1.807, 2.05) is 0 Å². The smallest absolute Gasteiger partial charge is 0.258 e. The van der Waals surface area contributed by atoms with Crippen LogP contribution in [0.3, 0.4) is 0 Å². The molecule has 0 saturated carbocycles. The highest BCUT2D eigenvalue weighted by Crippen LogP contribution is 2.36. The molecule has 0 unspecified atom stereocenters. The largest absolute Gasteiger partial charge is 0.300 e. The van der Waals surface area contributed by atoms with Crippen molar-refractivity contribution < 1.29 is 13.3 Å². The van der Waals surface area contributed by atoms with Gasteiger partial charge in [0.25, 0.3) is 5.69 Å². The molecule has 6 nitrogen and oxygen atoms in total. The van der Waals surface area contributed by atoms with Crippen LogP contribution in [0.15, 0.2) is 10.3 Å². The quantitative estimate of drug-likeness (QED) is 0.391. The van der Waals surface area contributed by atoms with Gasteiger partial charge in [0.2, 0.25) is 10.0 Å². The molecule has 1 N–H and O–H groups in total. The zero-order valence-corrected chi connectivity index (χ0v) is 14.2. The lowest BCUT2D eigenvalue weighted by Crippen LogP contribution is -2.23. The molecule has 0 spiro atoms. The number of hydrogen-bond donors (Lipinski definition) is 1. The number of nitrogens with one attached hydrogen (secondary N) is 1. The molecule has 1 rings (SSSR count). The summed E-state index contributed by atoms with van der Waals surface area (Å²) in [5.41, 5.74) is -0.374. The summed E-state index contributed by atoms with van der Waals surface area (Å²) < 4.78 is 26.1. The van der Waals surface area contributed by atoms with Crippen molar-refractivity contribution in [1.29, 1.82) is 0 Å². The van der Waals surface area contributed by atoms with Crippen LogP contribution in [0.2, 0.25) is 4.34 Å². The van der Waals surface area contributed by atoms with E-state index in [4.69, 9.17) is 11.6 Å². The molecule has 0 fully saturated rings. The summed E-state index contributed by atoms with van der Waals surface area (Å²) >= 11 is 6.36. The summed E-state index contributed by atoms with van der Waals surface area (Å²) in [6.45, 7) is 2.47. The number of halogens is 1. The van der Waals surface area contributed by atoms with Gasteiger partial charge in [-0.25, -0.2) is 13.1 Å². The third-order valence-corrected chi connectivity index (χ3v) is 6.20. The van der Waals surface area contributed by atoms with Crippen LogP contribution in [-0.4, -0.2) is 19.9 Å². The van der Waals surface area contributed by atoms with E-state index in [0.717, 1.165) is 31.7 Å². The van der Waals surface area contributed by atoms with Gasteiger partial charge in [0.15, 0.2) is 4.34 Å². The Morgan fingerprint density at radius 3 is 2.48 bits per heavy atom. The summed E-state index contributed by atoms with van der Waals surface area (Å²) in [6, 6.07) is 0.997. The molecule has 0 aliphatic rings. The summed E-state index contributed by atoms with van der Waals surface area (Å²) in [5, 5.41) is 10.7. The molecule has 0 aliphatic carbocycles. The Hall–Kier alpha value is -0.700. The van der Waals surface area contributed by atoms with Gasteiger partial charge < -0.3 is 0 Å². The first-order valence-corrected chi connectivity index (χ1v) is 9.49. The number of nitrogens with zero attached hydrogens (tertiary/aromatic N) is 1. The first-order chi connectivity index (χ1) is 9.88. The fourth-order valence-corrected chi connectivity index (χ4v) is 4.56.